The Morgan fingerprint density at radius 1 is 1.02 bits per heavy atom. The first-order valence-corrected chi connectivity index (χ1v) is 15.5. The molecule has 1 unspecified atom stereocenters. The highest BCUT2D eigenvalue weighted by molar-refractivity contribution is 6.42. The lowest BCUT2D eigenvalue weighted by Gasteiger charge is -2.34. The van der Waals surface area contributed by atoms with Crippen LogP contribution in [0.15, 0.2) is 54.6 Å². The normalized spacial score (nSPS) is 14.8. The zero-order valence-electron chi connectivity index (χ0n) is 25.5. The minimum atomic E-state index is -0.146. The number of nitrogens with one attached hydrogen (secondary N) is 2. The van der Waals surface area contributed by atoms with Crippen LogP contribution in [0.2, 0.25) is 10.0 Å². The number of methoxy groups -OCH3 is 3. The van der Waals surface area contributed by atoms with Crippen molar-refractivity contribution in [3.8, 4) is 17.2 Å². The van der Waals surface area contributed by atoms with Gasteiger partial charge >= 0.3 is 0 Å². The van der Waals surface area contributed by atoms with E-state index in [4.69, 9.17) is 37.4 Å². The Balaban J connectivity index is 1.23. The topological polar surface area (TPSA) is 92.0 Å². The number of ether oxygens (including phenoxy) is 3. The Kier molecular flexibility index (Phi) is 10.4. The van der Waals surface area contributed by atoms with Gasteiger partial charge in [-0.3, -0.25) is 4.79 Å². The molecule has 11 heteroatoms. The number of carbonyl (C=O) groups is 1. The first kappa shape index (κ1) is 31.8. The van der Waals surface area contributed by atoms with Crippen LogP contribution in [-0.2, 0) is 0 Å². The molecule has 0 radical (unpaired) electrons. The van der Waals surface area contributed by atoms with Gasteiger partial charge < -0.3 is 34.3 Å². The van der Waals surface area contributed by atoms with Gasteiger partial charge in [0.1, 0.15) is 0 Å². The number of nitrogens with zero attached hydrogens (tertiary/aromatic N) is 3. The third-order valence-electron chi connectivity index (χ3n) is 8.28. The Bertz CT molecular complexity index is 1530. The lowest BCUT2D eigenvalue weighted by molar-refractivity contribution is 0.0781. The lowest BCUT2D eigenvalue weighted by Crippen LogP contribution is -2.40. The number of anilines is 1. The molecule has 4 aromatic rings. The molecular weight excluding hydrogens is 601 g/mol. The van der Waals surface area contributed by atoms with Gasteiger partial charge in [0.05, 0.1) is 42.4 Å². The molecule has 9 nitrogen and oxygen atoms in total. The number of H-pyrrole nitrogens is 1. The van der Waals surface area contributed by atoms with Crippen LogP contribution in [0.25, 0.3) is 11.0 Å². The van der Waals surface area contributed by atoms with E-state index < -0.39 is 0 Å². The number of aromatic amines is 1. The second kappa shape index (κ2) is 14.4. The van der Waals surface area contributed by atoms with E-state index in [0.717, 1.165) is 61.4 Å². The summed E-state index contributed by atoms with van der Waals surface area (Å²) in [5.41, 5.74) is 3.50. The molecule has 0 spiro atoms. The fourth-order valence-corrected chi connectivity index (χ4v) is 6.13. The van der Waals surface area contributed by atoms with E-state index in [-0.39, 0.29) is 11.8 Å². The molecule has 5 rings (SSSR count). The summed E-state index contributed by atoms with van der Waals surface area (Å²) in [6.45, 7) is 3.35. The molecule has 2 N–H and O–H groups in total. The van der Waals surface area contributed by atoms with Crippen molar-refractivity contribution >= 4 is 46.1 Å². The summed E-state index contributed by atoms with van der Waals surface area (Å²) in [5, 5.41) is 4.59. The maximum Gasteiger partial charge on any atom is 0.253 e. The largest absolute Gasteiger partial charge is 0.493 e. The fourth-order valence-electron chi connectivity index (χ4n) is 5.82. The summed E-state index contributed by atoms with van der Waals surface area (Å²) in [6, 6.07) is 17.5. The van der Waals surface area contributed by atoms with Crippen LogP contribution >= 0.6 is 23.2 Å². The van der Waals surface area contributed by atoms with Crippen molar-refractivity contribution in [3.63, 3.8) is 0 Å². The van der Waals surface area contributed by atoms with Crippen molar-refractivity contribution in [1.29, 1.82) is 0 Å². The number of hydrogen-bond donors (Lipinski definition) is 2. The van der Waals surface area contributed by atoms with Crippen molar-refractivity contribution in [1.82, 2.24) is 19.8 Å². The van der Waals surface area contributed by atoms with E-state index in [1.165, 1.54) is 21.3 Å². The molecule has 1 fully saturated rings. The van der Waals surface area contributed by atoms with Crippen LogP contribution in [0.4, 0.5) is 5.95 Å². The van der Waals surface area contributed by atoms with E-state index in [2.05, 4.69) is 20.2 Å². The van der Waals surface area contributed by atoms with Gasteiger partial charge in [-0.2, -0.15) is 0 Å². The molecule has 3 aromatic carbocycles. The molecule has 44 heavy (non-hydrogen) atoms. The van der Waals surface area contributed by atoms with Crippen LogP contribution in [0, 0.1) is 0 Å². The smallest absolute Gasteiger partial charge is 0.253 e. The van der Waals surface area contributed by atoms with E-state index >= 15 is 0 Å². The van der Waals surface area contributed by atoms with Crippen LogP contribution in [0.1, 0.15) is 41.1 Å². The van der Waals surface area contributed by atoms with Gasteiger partial charge in [0.25, 0.3) is 5.91 Å². The van der Waals surface area contributed by atoms with Gasteiger partial charge in [0, 0.05) is 44.2 Å². The van der Waals surface area contributed by atoms with E-state index in [0.29, 0.717) is 45.4 Å². The van der Waals surface area contributed by atoms with E-state index in [9.17, 15) is 4.79 Å². The van der Waals surface area contributed by atoms with E-state index in [1.54, 1.807) is 17.0 Å². The minimum absolute atomic E-state index is 0.0483. The second-order valence-corrected chi connectivity index (χ2v) is 11.9. The first-order valence-electron chi connectivity index (χ1n) is 14.7. The summed E-state index contributed by atoms with van der Waals surface area (Å²) in [4.78, 5) is 25.9. The molecule has 2 heterocycles. The highest BCUT2D eigenvalue weighted by Crippen LogP contribution is 2.38. The maximum atomic E-state index is 13.6. The molecule has 1 aliphatic heterocycles. The average Bonchev–Trinajstić information content (AvgIpc) is 3.46. The molecule has 1 amide bonds. The number of hydrogen-bond acceptors (Lipinski definition) is 7. The Morgan fingerprint density at radius 2 is 1.73 bits per heavy atom. The van der Waals surface area contributed by atoms with Crippen molar-refractivity contribution < 1.29 is 19.0 Å². The standard InChI is InChI=1S/C33H39Cl2N5O4/c1-39(32(41)23-18-29(42-2)31(44-4)30(19-23)43-3)20-22(21-9-10-25(34)26(35)17-21)11-14-40-15-12-24(13-16-40)36-33-37-27-7-5-6-8-28(27)38-33/h5-10,17-19,22,24H,11-16,20H2,1-4H3,(H2,36,37,38). The number of benzene rings is 3. The number of likely N-dealkylation sites (tertiary alicyclic amines) is 1. The first-order chi connectivity index (χ1) is 21.3. The fraction of sp³-hybridized carbons (Fsp3) is 0.394. The van der Waals surface area contributed by atoms with Crippen molar-refractivity contribution in [2.75, 3.05) is 59.9 Å². The van der Waals surface area contributed by atoms with Crippen LogP contribution in [0.5, 0.6) is 17.2 Å². The Hall–Kier alpha value is -3.66. The SMILES string of the molecule is COc1cc(C(=O)N(C)CC(CCN2CCC(Nc3nc4ccccc4[nH]3)CC2)c2ccc(Cl)c(Cl)c2)cc(OC)c1OC. The summed E-state index contributed by atoms with van der Waals surface area (Å²) in [6.07, 6.45) is 2.90. The minimum Gasteiger partial charge on any atom is -0.493 e. The monoisotopic (exact) mass is 639 g/mol. The van der Waals surface area contributed by atoms with Gasteiger partial charge in [-0.15, -0.1) is 0 Å². The number of carbonyl (C=O) groups excluding carboxylic acids is 1. The van der Waals surface area contributed by atoms with Crippen molar-refractivity contribution in [3.05, 3.63) is 75.8 Å². The number of piperidine rings is 1. The predicted molar refractivity (Wildman–Crippen MR) is 176 cm³/mol. The van der Waals surface area contributed by atoms with Gasteiger partial charge in [-0.1, -0.05) is 41.4 Å². The molecule has 0 saturated carbocycles. The number of fused-ring (bicyclic) bond motifs is 1. The maximum absolute atomic E-state index is 13.6. The molecular formula is C33H39Cl2N5O4. The Morgan fingerprint density at radius 3 is 2.36 bits per heavy atom. The number of halogens is 2. The number of imidazole rings is 1. The average molecular weight is 641 g/mol. The van der Waals surface area contributed by atoms with Crippen molar-refractivity contribution in [2.45, 2.75) is 31.2 Å². The second-order valence-electron chi connectivity index (χ2n) is 11.1. The highest BCUT2D eigenvalue weighted by Gasteiger charge is 2.25. The number of para-hydroxylation sites is 2. The summed E-state index contributed by atoms with van der Waals surface area (Å²) in [7, 11) is 6.42. The van der Waals surface area contributed by atoms with Gasteiger partial charge in [-0.25, -0.2) is 4.98 Å². The molecule has 0 bridgehead atoms. The van der Waals surface area contributed by atoms with Crippen molar-refractivity contribution in [2.24, 2.45) is 0 Å². The number of rotatable bonds is 12. The van der Waals surface area contributed by atoms with Gasteiger partial charge in [0.2, 0.25) is 11.7 Å². The zero-order chi connectivity index (χ0) is 31.2. The summed E-state index contributed by atoms with van der Waals surface area (Å²) >= 11 is 12.7. The number of amides is 1. The summed E-state index contributed by atoms with van der Waals surface area (Å²) in [5.74, 6) is 2.04. The number of aromatic nitrogens is 2. The number of likely N-dealkylation sites (N-methyl/N-ethyl adjacent to an activating group) is 1. The molecule has 1 aromatic heterocycles. The van der Waals surface area contributed by atoms with Gasteiger partial charge in [0.15, 0.2) is 11.5 Å². The highest BCUT2D eigenvalue weighted by atomic mass is 35.5. The molecule has 1 aliphatic rings. The Labute approximate surface area is 268 Å². The predicted octanol–water partition coefficient (Wildman–Crippen LogP) is 6.72. The lowest BCUT2D eigenvalue weighted by atomic mass is 9.94. The van der Waals surface area contributed by atoms with Crippen LogP contribution < -0.4 is 19.5 Å². The van der Waals surface area contributed by atoms with Crippen LogP contribution in [0.3, 0.4) is 0 Å². The van der Waals surface area contributed by atoms with E-state index in [1.807, 2.05) is 49.5 Å². The third kappa shape index (κ3) is 7.34. The molecule has 1 atom stereocenters. The van der Waals surface area contributed by atoms with Gasteiger partial charge in [-0.05, 0) is 67.8 Å². The molecule has 234 valence electrons. The summed E-state index contributed by atoms with van der Waals surface area (Å²) < 4.78 is 16.4. The third-order valence-corrected chi connectivity index (χ3v) is 9.02. The quantitative estimate of drug-likeness (QED) is 0.178. The zero-order valence-corrected chi connectivity index (χ0v) is 27.0. The molecule has 0 aliphatic carbocycles. The molecule has 1 saturated heterocycles. The van der Waals surface area contributed by atoms with Crippen LogP contribution in [-0.4, -0.2) is 86.3 Å².